The number of aromatic nitrogens is 4. The number of nitrogens with zero attached hydrogens (tertiary/aromatic N) is 5. The van der Waals surface area contributed by atoms with Crippen molar-refractivity contribution in [3.63, 3.8) is 0 Å². The second-order valence-electron chi connectivity index (χ2n) is 10.3. The van der Waals surface area contributed by atoms with E-state index in [-0.39, 0.29) is 0 Å². The van der Waals surface area contributed by atoms with Crippen LogP contribution in [0.1, 0.15) is 54.0 Å². The molecule has 35 heavy (non-hydrogen) atoms. The fraction of sp³-hybridized carbons (Fsp3) is 0.370. The van der Waals surface area contributed by atoms with Gasteiger partial charge in [0.1, 0.15) is 11.4 Å². The smallest absolute Gasteiger partial charge is 0.229 e. The van der Waals surface area contributed by atoms with Crippen molar-refractivity contribution in [3.8, 4) is 5.82 Å². The number of pyridine rings is 1. The van der Waals surface area contributed by atoms with Crippen LogP contribution in [0, 0.1) is 5.82 Å². The van der Waals surface area contributed by atoms with E-state index >= 15 is 0 Å². The Hall–Kier alpha value is -3.36. The minimum atomic E-state index is -0.862. The molecule has 7 nitrogen and oxygen atoms in total. The van der Waals surface area contributed by atoms with E-state index in [0.717, 1.165) is 25.2 Å². The maximum Gasteiger partial charge on any atom is 0.229 e. The lowest BCUT2D eigenvalue weighted by Gasteiger charge is -2.37. The van der Waals surface area contributed by atoms with Gasteiger partial charge in [-0.05, 0) is 86.0 Å². The lowest BCUT2D eigenvalue weighted by Crippen LogP contribution is -2.33. The highest BCUT2D eigenvalue weighted by molar-refractivity contribution is 5.79. The first-order valence-corrected chi connectivity index (χ1v) is 12.3. The number of aliphatic hydroxyl groups is 1. The molecule has 1 aromatic carbocycles. The number of hydrogen-bond donors (Lipinski definition) is 2. The molecule has 2 aliphatic carbocycles. The van der Waals surface area contributed by atoms with E-state index in [1.165, 1.54) is 41.9 Å². The molecule has 0 amide bonds. The highest BCUT2D eigenvalue weighted by Crippen LogP contribution is 2.44. The summed E-state index contributed by atoms with van der Waals surface area (Å²) in [5.41, 5.74) is 5.47. The Morgan fingerprint density at radius 3 is 2.89 bits per heavy atom. The summed E-state index contributed by atoms with van der Waals surface area (Å²) < 4.78 is 16.4. The van der Waals surface area contributed by atoms with Crippen molar-refractivity contribution in [1.82, 2.24) is 24.4 Å². The van der Waals surface area contributed by atoms with Gasteiger partial charge < -0.3 is 15.3 Å². The van der Waals surface area contributed by atoms with Gasteiger partial charge in [0, 0.05) is 31.2 Å². The molecule has 178 valence electrons. The molecule has 0 spiro atoms. The monoisotopic (exact) mass is 470 g/mol. The zero-order valence-corrected chi connectivity index (χ0v) is 19.6. The van der Waals surface area contributed by atoms with E-state index < -0.39 is 11.4 Å². The summed E-state index contributed by atoms with van der Waals surface area (Å²) in [6, 6.07) is 9.88. The molecule has 1 aliphatic heterocycles. The number of anilines is 2. The normalized spacial score (nSPS) is 20.6. The van der Waals surface area contributed by atoms with E-state index in [2.05, 4.69) is 44.3 Å². The van der Waals surface area contributed by atoms with Crippen LogP contribution in [0.2, 0.25) is 0 Å². The standard InChI is InChI=1S/C27H27FN6O/c1-33-13-17-5-2-4-16-10-19(11-18(14-33)24(16)17)30-26-29-12-20-21(28)15-34(25(20)32-26)23-7-3-6-22(31-23)27(35)8-9-27/h3,6-7,10-12,15,17,35H,2,4-5,8-9,13-14H2,1H3,(H,29,30,32). The number of hydrogen-bond acceptors (Lipinski definition) is 6. The topological polar surface area (TPSA) is 79.1 Å². The van der Waals surface area contributed by atoms with Crippen molar-refractivity contribution in [2.45, 2.75) is 50.2 Å². The van der Waals surface area contributed by atoms with Gasteiger partial charge in [-0.2, -0.15) is 4.98 Å². The molecule has 1 saturated carbocycles. The number of benzene rings is 1. The third kappa shape index (κ3) is 3.51. The number of nitrogens with one attached hydrogen (secondary N) is 1. The van der Waals surface area contributed by atoms with Crippen LogP contribution >= 0.6 is 0 Å². The lowest BCUT2D eigenvalue weighted by atomic mass is 9.77. The van der Waals surface area contributed by atoms with Gasteiger partial charge >= 0.3 is 0 Å². The molecule has 4 heterocycles. The van der Waals surface area contributed by atoms with E-state index in [4.69, 9.17) is 0 Å². The third-order valence-electron chi connectivity index (χ3n) is 7.66. The van der Waals surface area contributed by atoms with E-state index in [1.807, 2.05) is 12.1 Å². The second kappa shape index (κ2) is 7.57. The predicted molar refractivity (Wildman–Crippen MR) is 131 cm³/mol. The zero-order valence-electron chi connectivity index (χ0n) is 19.6. The average Bonchev–Trinajstić information content (AvgIpc) is 3.52. The molecule has 0 radical (unpaired) electrons. The number of halogens is 1. The van der Waals surface area contributed by atoms with Gasteiger partial charge in [0.2, 0.25) is 5.95 Å². The molecule has 1 atom stereocenters. The van der Waals surface area contributed by atoms with Crippen molar-refractivity contribution in [3.05, 3.63) is 70.9 Å². The van der Waals surface area contributed by atoms with Crippen molar-refractivity contribution in [1.29, 1.82) is 0 Å². The molecule has 4 aromatic rings. The molecule has 0 saturated heterocycles. The summed E-state index contributed by atoms with van der Waals surface area (Å²) >= 11 is 0. The fourth-order valence-corrected chi connectivity index (χ4v) is 5.83. The molecule has 3 aliphatic rings. The third-order valence-corrected chi connectivity index (χ3v) is 7.66. The minimum Gasteiger partial charge on any atom is -0.384 e. The summed E-state index contributed by atoms with van der Waals surface area (Å²) in [6.07, 6.45) is 7.85. The van der Waals surface area contributed by atoms with Crippen LogP contribution in [-0.4, -0.2) is 43.1 Å². The Morgan fingerprint density at radius 2 is 2.03 bits per heavy atom. The number of rotatable bonds is 4. The number of aryl methyl sites for hydroxylation is 1. The lowest BCUT2D eigenvalue weighted by molar-refractivity contribution is 0.146. The van der Waals surface area contributed by atoms with E-state index in [9.17, 15) is 9.50 Å². The Balaban J connectivity index is 1.27. The molecule has 1 unspecified atom stereocenters. The van der Waals surface area contributed by atoms with Crippen LogP contribution in [0.15, 0.2) is 42.7 Å². The minimum absolute atomic E-state index is 0.331. The first-order chi connectivity index (χ1) is 17.0. The second-order valence-corrected chi connectivity index (χ2v) is 10.3. The van der Waals surface area contributed by atoms with Crippen LogP contribution in [-0.2, 0) is 18.6 Å². The molecule has 0 bridgehead atoms. The summed E-state index contributed by atoms with van der Waals surface area (Å²) in [6.45, 7) is 2.07. The highest BCUT2D eigenvalue weighted by atomic mass is 19.1. The van der Waals surface area contributed by atoms with Crippen molar-refractivity contribution >= 4 is 22.7 Å². The summed E-state index contributed by atoms with van der Waals surface area (Å²) in [7, 11) is 2.18. The van der Waals surface area contributed by atoms with Crippen LogP contribution in [0.3, 0.4) is 0 Å². The van der Waals surface area contributed by atoms with Crippen LogP contribution in [0.25, 0.3) is 16.9 Å². The molecule has 3 aromatic heterocycles. The van der Waals surface area contributed by atoms with Gasteiger partial charge in [-0.15, -0.1) is 0 Å². The Kier molecular flexibility index (Phi) is 4.53. The quantitative estimate of drug-likeness (QED) is 0.456. The van der Waals surface area contributed by atoms with E-state index in [0.29, 0.717) is 47.3 Å². The maximum absolute atomic E-state index is 14.8. The van der Waals surface area contributed by atoms with Gasteiger partial charge in [0.05, 0.1) is 11.1 Å². The summed E-state index contributed by atoms with van der Waals surface area (Å²) in [5, 5.41) is 14.2. The number of likely N-dealkylation sites (N-methyl/N-ethyl adjacent to an activating group) is 1. The first-order valence-electron chi connectivity index (χ1n) is 12.3. The maximum atomic E-state index is 14.8. The largest absolute Gasteiger partial charge is 0.384 e. The van der Waals surface area contributed by atoms with Crippen LogP contribution in [0.4, 0.5) is 16.0 Å². The number of fused-ring (bicyclic) bond motifs is 1. The first kappa shape index (κ1) is 21.0. The molecule has 2 N–H and O–H groups in total. The summed E-state index contributed by atoms with van der Waals surface area (Å²) in [5.74, 6) is 1.15. The van der Waals surface area contributed by atoms with Gasteiger partial charge in [-0.1, -0.05) is 6.07 Å². The molecule has 1 fully saturated rings. The highest BCUT2D eigenvalue weighted by Gasteiger charge is 2.43. The van der Waals surface area contributed by atoms with Gasteiger partial charge in [0.15, 0.2) is 11.5 Å². The fourth-order valence-electron chi connectivity index (χ4n) is 5.83. The summed E-state index contributed by atoms with van der Waals surface area (Å²) in [4.78, 5) is 16.1. The zero-order chi connectivity index (χ0) is 23.7. The van der Waals surface area contributed by atoms with Crippen molar-refractivity contribution in [2.24, 2.45) is 0 Å². The van der Waals surface area contributed by atoms with Gasteiger partial charge in [0.25, 0.3) is 0 Å². The Bertz CT molecular complexity index is 1480. The van der Waals surface area contributed by atoms with Gasteiger partial charge in [-0.3, -0.25) is 4.57 Å². The molecular formula is C27H27FN6O. The van der Waals surface area contributed by atoms with E-state index in [1.54, 1.807) is 10.6 Å². The SMILES string of the molecule is CN1Cc2cc(Nc3ncc4c(F)cn(-c5cccc(C6(O)CC6)n5)c4n3)cc3c2C(CCC3)C1. The van der Waals surface area contributed by atoms with Gasteiger partial charge in [-0.25, -0.2) is 14.4 Å². The molecule has 8 heteroatoms. The van der Waals surface area contributed by atoms with Crippen LogP contribution in [0.5, 0.6) is 0 Å². The van der Waals surface area contributed by atoms with Crippen molar-refractivity contribution < 1.29 is 9.50 Å². The molecular weight excluding hydrogens is 443 g/mol. The Morgan fingerprint density at radius 1 is 1.17 bits per heavy atom. The molecule has 7 rings (SSSR count). The predicted octanol–water partition coefficient (Wildman–Crippen LogP) is 4.54. The van der Waals surface area contributed by atoms with Crippen LogP contribution < -0.4 is 5.32 Å². The average molecular weight is 471 g/mol. The Labute approximate surface area is 202 Å². The van der Waals surface area contributed by atoms with Crippen molar-refractivity contribution in [2.75, 3.05) is 18.9 Å².